The summed E-state index contributed by atoms with van der Waals surface area (Å²) in [7, 11) is -2.65. The van der Waals surface area contributed by atoms with E-state index in [-0.39, 0.29) is 11.6 Å². The van der Waals surface area contributed by atoms with Crippen LogP contribution in [0.25, 0.3) is 0 Å². The lowest BCUT2D eigenvalue weighted by atomic mass is 10.3. The van der Waals surface area contributed by atoms with Gasteiger partial charge in [-0.15, -0.1) is 0 Å². The van der Waals surface area contributed by atoms with E-state index >= 15 is 0 Å². The largest absolute Gasteiger partial charge is 0.503 e. The first kappa shape index (κ1) is 17.4. The Hall–Kier alpha value is -0.633. The molecule has 1 aliphatic heterocycles. The summed E-state index contributed by atoms with van der Waals surface area (Å²) in [5, 5.41) is 2.81. The van der Waals surface area contributed by atoms with Crippen molar-refractivity contribution in [2.45, 2.75) is 39.7 Å². The van der Waals surface area contributed by atoms with E-state index in [1.54, 1.807) is 0 Å². The first-order valence-corrected chi connectivity index (χ1v) is 9.34. The van der Waals surface area contributed by atoms with Crippen molar-refractivity contribution in [2.24, 2.45) is 0 Å². The molecule has 1 atom stereocenters. The molecule has 0 saturated carbocycles. The van der Waals surface area contributed by atoms with Gasteiger partial charge in [-0.3, -0.25) is 0 Å². The molecule has 1 fully saturated rings. The van der Waals surface area contributed by atoms with Crippen LogP contribution in [0.5, 0.6) is 0 Å². The third-order valence-corrected chi connectivity index (χ3v) is 6.99. The van der Waals surface area contributed by atoms with Gasteiger partial charge >= 0.3 is 14.8 Å². The fourth-order valence-electron chi connectivity index (χ4n) is 2.41. The van der Waals surface area contributed by atoms with E-state index in [1.807, 2.05) is 25.7 Å². The maximum atomic E-state index is 11.5. The highest BCUT2D eigenvalue weighted by Crippen LogP contribution is 2.29. The molecule has 1 unspecified atom stereocenters. The van der Waals surface area contributed by atoms with Crippen LogP contribution in [0.2, 0.25) is 5.54 Å². The monoisotopic (exact) mass is 304 g/mol. The van der Waals surface area contributed by atoms with Crippen LogP contribution in [0.3, 0.4) is 0 Å². The van der Waals surface area contributed by atoms with E-state index in [0.29, 0.717) is 19.8 Å². The lowest BCUT2D eigenvalue weighted by Gasteiger charge is -2.34. The summed E-state index contributed by atoms with van der Waals surface area (Å²) in [6.07, 6.45) is 0.833. The Morgan fingerprint density at radius 2 is 1.75 bits per heavy atom. The molecular weight excluding hydrogens is 276 g/mol. The summed E-state index contributed by atoms with van der Waals surface area (Å²) in [5.74, 6) is 0. The minimum Gasteiger partial charge on any atom is -0.374 e. The van der Waals surface area contributed by atoms with Gasteiger partial charge in [0.2, 0.25) is 0 Å². The minimum atomic E-state index is -2.65. The van der Waals surface area contributed by atoms with Gasteiger partial charge in [0.1, 0.15) is 0 Å². The van der Waals surface area contributed by atoms with Crippen molar-refractivity contribution in [3.63, 3.8) is 0 Å². The smallest absolute Gasteiger partial charge is 0.374 e. The number of carbonyl (C=O) groups excluding carboxylic acids is 1. The van der Waals surface area contributed by atoms with Crippen molar-refractivity contribution >= 4 is 14.8 Å². The third kappa shape index (κ3) is 4.44. The number of carbonyl (C=O) groups is 1. The summed E-state index contributed by atoms with van der Waals surface area (Å²) in [6.45, 7) is 12.0. The Balaban J connectivity index is 2.60. The number of rotatable bonds is 10. The Kier molecular flexibility index (Phi) is 7.50. The maximum Gasteiger partial charge on any atom is 0.503 e. The Labute approximate surface area is 123 Å². The molecule has 1 heterocycles. The molecule has 0 aromatic heterocycles. The standard InChI is InChI=1S/C13H28N2O4Si/c1-5-17-20(18-6-2,19-7-3)12(4)8-10-15-11-9-14-13(15)16/h12H,5-11H2,1-4H3,(H,14,16). The van der Waals surface area contributed by atoms with Crippen molar-refractivity contribution in [2.75, 3.05) is 39.5 Å². The quantitative estimate of drug-likeness (QED) is 0.626. The molecule has 0 spiro atoms. The van der Waals surface area contributed by atoms with Gasteiger partial charge in [-0.2, -0.15) is 0 Å². The number of hydrogen-bond donors (Lipinski definition) is 1. The van der Waals surface area contributed by atoms with Crippen molar-refractivity contribution in [1.29, 1.82) is 0 Å². The molecule has 20 heavy (non-hydrogen) atoms. The molecule has 118 valence electrons. The van der Waals surface area contributed by atoms with Crippen LogP contribution in [0, 0.1) is 0 Å². The topological polar surface area (TPSA) is 60.0 Å². The van der Waals surface area contributed by atoms with Crippen LogP contribution in [-0.4, -0.2) is 59.2 Å². The van der Waals surface area contributed by atoms with Gasteiger partial charge in [-0.25, -0.2) is 4.79 Å². The molecular formula is C13H28N2O4Si. The van der Waals surface area contributed by atoms with Crippen LogP contribution in [-0.2, 0) is 13.3 Å². The SMILES string of the molecule is CCO[Si](OCC)(OCC)C(C)CCN1CCNC1=O. The molecule has 2 amide bonds. The molecule has 7 heteroatoms. The fraction of sp³-hybridized carbons (Fsp3) is 0.923. The third-order valence-electron chi connectivity index (χ3n) is 3.42. The van der Waals surface area contributed by atoms with Crippen LogP contribution in [0.4, 0.5) is 4.79 Å². The summed E-state index contributed by atoms with van der Waals surface area (Å²) in [4.78, 5) is 13.4. The second kappa shape index (κ2) is 8.61. The summed E-state index contributed by atoms with van der Waals surface area (Å²) in [6, 6.07) is 0.0219. The molecule has 1 saturated heterocycles. The van der Waals surface area contributed by atoms with Gasteiger partial charge in [-0.1, -0.05) is 6.92 Å². The first-order chi connectivity index (χ1) is 9.59. The zero-order valence-corrected chi connectivity index (χ0v) is 14.1. The van der Waals surface area contributed by atoms with Crippen molar-refractivity contribution in [3.8, 4) is 0 Å². The average Bonchev–Trinajstić information content (AvgIpc) is 2.82. The molecule has 1 N–H and O–H groups in total. The Morgan fingerprint density at radius 1 is 1.20 bits per heavy atom. The number of urea groups is 1. The zero-order chi connectivity index (χ0) is 15.0. The summed E-state index contributed by atoms with van der Waals surface area (Å²) < 4.78 is 17.7. The highest BCUT2D eigenvalue weighted by atomic mass is 28.4. The molecule has 0 radical (unpaired) electrons. The van der Waals surface area contributed by atoms with Gasteiger partial charge in [0.05, 0.1) is 0 Å². The molecule has 0 aromatic carbocycles. The van der Waals surface area contributed by atoms with Crippen molar-refractivity contribution in [1.82, 2.24) is 10.2 Å². The van der Waals surface area contributed by atoms with Crippen molar-refractivity contribution < 1.29 is 18.1 Å². The molecule has 0 aromatic rings. The van der Waals surface area contributed by atoms with Gasteiger partial charge < -0.3 is 23.5 Å². The van der Waals surface area contributed by atoms with Gasteiger partial charge in [-0.05, 0) is 27.2 Å². The van der Waals surface area contributed by atoms with Crippen LogP contribution < -0.4 is 5.32 Å². The lowest BCUT2D eigenvalue weighted by molar-refractivity contribution is 0.0607. The number of amides is 2. The number of nitrogens with one attached hydrogen (secondary N) is 1. The van der Waals surface area contributed by atoms with E-state index in [2.05, 4.69) is 12.2 Å². The lowest BCUT2D eigenvalue weighted by Crippen LogP contribution is -2.50. The van der Waals surface area contributed by atoms with E-state index < -0.39 is 8.80 Å². The predicted octanol–water partition coefficient (Wildman–Crippen LogP) is 1.84. The molecule has 6 nitrogen and oxygen atoms in total. The Morgan fingerprint density at radius 3 is 2.15 bits per heavy atom. The highest BCUT2D eigenvalue weighted by Gasteiger charge is 2.46. The molecule has 1 aliphatic rings. The molecule has 0 aliphatic carbocycles. The number of hydrogen-bond acceptors (Lipinski definition) is 4. The van der Waals surface area contributed by atoms with Crippen LogP contribution >= 0.6 is 0 Å². The second-order valence-electron chi connectivity index (χ2n) is 4.81. The predicted molar refractivity (Wildman–Crippen MR) is 79.6 cm³/mol. The Bertz CT molecular complexity index is 287. The molecule has 0 bridgehead atoms. The summed E-state index contributed by atoms with van der Waals surface area (Å²) >= 11 is 0. The van der Waals surface area contributed by atoms with E-state index in [9.17, 15) is 4.79 Å². The highest BCUT2D eigenvalue weighted by molar-refractivity contribution is 6.62. The van der Waals surface area contributed by atoms with E-state index in [4.69, 9.17) is 13.3 Å². The molecule has 1 rings (SSSR count). The van der Waals surface area contributed by atoms with Gasteiger partial charge in [0, 0.05) is 45.0 Å². The number of nitrogens with zero attached hydrogens (tertiary/aromatic N) is 1. The zero-order valence-electron chi connectivity index (χ0n) is 13.1. The summed E-state index contributed by atoms with van der Waals surface area (Å²) in [5.41, 5.74) is 0.177. The minimum absolute atomic E-state index is 0.0219. The second-order valence-corrected chi connectivity index (χ2v) is 7.87. The van der Waals surface area contributed by atoms with Crippen LogP contribution in [0.15, 0.2) is 0 Å². The average molecular weight is 304 g/mol. The van der Waals surface area contributed by atoms with E-state index in [1.165, 1.54) is 0 Å². The van der Waals surface area contributed by atoms with Crippen LogP contribution in [0.1, 0.15) is 34.1 Å². The van der Waals surface area contributed by atoms with Crippen molar-refractivity contribution in [3.05, 3.63) is 0 Å². The normalized spacial score (nSPS) is 17.4. The maximum absolute atomic E-state index is 11.5. The van der Waals surface area contributed by atoms with E-state index in [0.717, 1.165) is 26.1 Å². The van der Waals surface area contributed by atoms with Gasteiger partial charge in [0.15, 0.2) is 0 Å². The van der Waals surface area contributed by atoms with Gasteiger partial charge in [0.25, 0.3) is 0 Å². The first-order valence-electron chi connectivity index (χ1n) is 7.54. The fourth-order valence-corrected chi connectivity index (χ4v) is 5.20.